The lowest BCUT2D eigenvalue weighted by molar-refractivity contribution is -0.765. The maximum Gasteiger partial charge on any atom is 0.497 e. The van der Waals surface area contributed by atoms with Crippen LogP contribution in [0.5, 0.6) is 0 Å². The zero-order valence-electron chi connectivity index (χ0n) is 8.26. The third kappa shape index (κ3) is 2.80. The second-order valence-electron chi connectivity index (χ2n) is 3.50. The Morgan fingerprint density at radius 3 is 1.82 bits per heavy atom. The molecular weight excluding hydrogens is 245 g/mol. The first-order valence-corrected chi connectivity index (χ1v) is 4.42. The molecule has 0 saturated heterocycles. The molecule has 0 amide bonds. The summed E-state index contributed by atoms with van der Waals surface area (Å²) in [5.41, 5.74) is -2.65. The van der Waals surface area contributed by atoms with Crippen LogP contribution in [0.25, 0.3) is 0 Å². The molecule has 0 aromatic carbocycles. The molecule has 1 aliphatic carbocycles. The maximum absolute atomic E-state index is 12.0. The highest BCUT2D eigenvalue weighted by molar-refractivity contribution is 5.18. The van der Waals surface area contributed by atoms with Crippen LogP contribution >= 0.6 is 0 Å². The summed E-state index contributed by atoms with van der Waals surface area (Å²) in [6, 6.07) is 0. The molecule has 1 aliphatic rings. The van der Waals surface area contributed by atoms with Gasteiger partial charge in [0, 0.05) is 5.92 Å². The molecule has 0 fully saturated rings. The van der Waals surface area contributed by atoms with E-state index in [0.717, 1.165) is 12.2 Å². The van der Waals surface area contributed by atoms with E-state index in [4.69, 9.17) is 0 Å². The van der Waals surface area contributed by atoms with Crippen LogP contribution < -0.4 is 0 Å². The van der Waals surface area contributed by atoms with Crippen molar-refractivity contribution in [3.8, 4) is 0 Å². The minimum atomic E-state index is -4.43. The lowest BCUT2D eigenvalue weighted by atomic mass is 9.94. The molecule has 17 heavy (non-hydrogen) atoms. The number of rotatable bonds is 3. The second kappa shape index (κ2) is 4.15. The van der Waals surface area contributed by atoms with E-state index >= 15 is 0 Å². The molecule has 0 atom stereocenters. The van der Waals surface area contributed by atoms with Crippen molar-refractivity contribution in [3.63, 3.8) is 0 Å². The van der Waals surface area contributed by atoms with Gasteiger partial charge in [-0.3, -0.25) is 20.2 Å². The molecule has 0 N–H and O–H groups in total. The number of hydrogen-bond acceptors (Lipinski definition) is 4. The van der Waals surface area contributed by atoms with E-state index in [-0.39, 0.29) is 0 Å². The summed E-state index contributed by atoms with van der Waals surface area (Å²) in [6.07, 6.45) is -2.82. The quantitative estimate of drug-likeness (QED) is 0.332. The van der Waals surface area contributed by atoms with Crippen molar-refractivity contribution >= 4 is 0 Å². The Morgan fingerprint density at radius 1 is 1.12 bits per heavy atom. The first kappa shape index (κ1) is 13.1. The summed E-state index contributed by atoms with van der Waals surface area (Å²) >= 11 is 0. The van der Waals surface area contributed by atoms with Crippen LogP contribution in [0.3, 0.4) is 0 Å². The van der Waals surface area contributed by atoms with Crippen LogP contribution in [0.15, 0.2) is 24.3 Å². The standard InChI is InChI=1S/C8H7F3N2O4/c9-8(10,11)5-6-1-3-7(4-2-6,12(14)15)13(16)17/h1-4,6H,5H2. The number of halogens is 3. The number of allylic oxidation sites excluding steroid dienone is 2. The van der Waals surface area contributed by atoms with Crippen molar-refractivity contribution < 1.29 is 23.0 Å². The molecule has 0 radical (unpaired) electrons. The maximum atomic E-state index is 12.0. The minimum absolute atomic E-state index is 0.573. The van der Waals surface area contributed by atoms with E-state index in [1.54, 1.807) is 0 Å². The highest BCUT2D eigenvalue weighted by Gasteiger charge is 2.52. The van der Waals surface area contributed by atoms with E-state index in [2.05, 4.69) is 0 Å². The van der Waals surface area contributed by atoms with Gasteiger partial charge >= 0.3 is 11.8 Å². The smallest absolute Gasteiger partial charge is 0.258 e. The summed E-state index contributed by atoms with van der Waals surface area (Å²) in [5.74, 6) is -1.11. The number of nitrogens with zero attached hydrogens (tertiary/aromatic N) is 2. The van der Waals surface area contributed by atoms with Gasteiger partial charge in [0.1, 0.15) is 9.85 Å². The van der Waals surface area contributed by atoms with E-state index in [0.29, 0.717) is 12.2 Å². The van der Waals surface area contributed by atoms with Crippen molar-refractivity contribution in [1.82, 2.24) is 0 Å². The normalized spacial score (nSPS) is 19.2. The molecule has 1 rings (SSSR count). The van der Waals surface area contributed by atoms with Gasteiger partial charge in [0.15, 0.2) is 0 Å². The largest absolute Gasteiger partial charge is 0.497 e. The average Bonchev–Trinajstić information content (AvgIpc) is 2.15. The van der Waals surface area contributed by atoms with E-state index in [1.165, 1.54) is 0 Å². The lowest BCUT2D eigenvalue weighted by Gasteiger charge is -2.17. The Labute approximate surface area is 92.7 Å². The van der Waals surface area contributed by atoms with Crippen LogP contribution in [-0.2, 0) is 0 Å². The summed E-state index contributed by atoms with van der Waals surface area (Å²) < 4.78 is 36.0. The highest BCUT2D eigenvalue weighted by atomic mass is 19.4. The van der Waals surface area contributed by atoms with Crippen molar-refractivity contribution in [1.29, 1.82) is 0 Å². The summed E-state index contributed by atoms with van der Waals surface area (Å²) in [4.78, 5) is 18.8. The first-order valence-electron chi connectivity index (χ1n) is 4.42. The number of nitro groups is 2. The van der Waals surface area contributed by atoms with Crippen molar-refractivity contribution in [2.75, 3.05) is 0 Å². The van der Waals surface area contributed by atoms with Gasteiger partial charge in [0.2, 0.25) is 0 Å². The van der Waals surface area contributed by atoms with Crippen LogP contribution in [-0.4, -0.2) is 21.7 Å². The molecular formula is C8H7F3N2O4. The monoisotopic (exact) mass is 252 g/mol. The average molecular weight is 252 g/mol. The Bertz CT molecular complexity index is 372. The summed E-state index contributed by atoms with van der Waals surface area (Å²) in [6.45, 7) is 0. The third-order valence-corrected chi connectivity index (χ3v) is 2.23. The second-order valence-corrected chi connectivity index (χ2v) is 3.50. The van der Waals surface area contributed by atoms with Crippen LogP contribution in [0.2, 0.25) is 0 Å². The molecule has 0 aromatic rings. The summed E-state index contributed by atoms with van der Waals surface area (Å²) in [7, 11) is 0. The Balaban J connectivity index is 2.89. The Morgan fingerprint density at radius 2 is 1.53 bits per heavy atom. The number of alkyl halides is 3. The van der Waals surface area contributed by atoms with Gasteiger partial charge in [-0.2, -0.15) is 13.2 Å². The fourth-order valence-corrected chi connectivity index (χ4v) is 1.36. The SMILES string of the molecule is O=[N+]([O-])C1([N+](=O)[O-])C=CC(CC(F)(F)F)C=C1. The molecule has 0 heterocycles. The fourth-order valence-electron chi connectivity index (χ4n) is 1.36. The summed E-state index contributed by atoms with van der Waals surface area (Å²) in [5, 5.41) is 21.1. The van der Waals surface area contributed by atoms with Gasteiger partial charge in [-0.15, -0.1) is 0 Å². The van der Waals surface area contributed by atoms with Crippen molar-refractivity contribution in [3.05, 3.63) is 44.5 Å². The van der Waals surface area contributed by atoms with Gasteiger partial charge in [-0.1, -0.05) is 12.2 Å². The lowest BCUT2D eigenvalue weighted by Crippen LogP contribution is -2.43. The zero-order chi connectivity index (χ0) is 13.3. The van der Waals surface area contributed by atoms with Gasteiger partial charge in [-0.25, -0.2) is 0 Å². The van der Waals surface area contributed by atoms with Gasteiger partial charge < -0.3 is 0 Å². The van der Waals surface area contributed by atoms with Gasteiger partial charge in [-0.05, 0) is 0 Å². The van der Waals surface area contributed by atoms with Gasteiger partial charge in [0.25, 0.3) is 0 Å². The fraction of sp³-hybridized carbons (Fsp3) is 0.500. The van der Waals surface area contributed by atoms with Crippen molar-refractivity contribution in [2.24, 2.45) is 5.92 Å². The topological polar surface area (TPSA) is 86.3 Å². The van der Waals surface area contributed by atoms with Crippen LogP contribution in [0.1, 0.15) is 6.42 Å². The van der Waals surface area contributed by atoms with E-state index in [1.807, 2.05) is 0 Å². The molecule has 0 aliphatic heterocycles. The first-order chi connectivity index (χ1) is 7.67. The molecule has 0 aromatic heterocycles. The molecule has 0 spiro atoms. The molecule has 6 nitrogen and oxygen atoms in total. The van der Waals surface area contributed by atoms with Gasteiger partial charge in [0.05, 0.1) is 18.6 Å². The Kier molecular flexibility index (Phi) is 3.21. The predicted molar refractivity (Wildman–Crippen MR) is 49.2 cm³/mol. The predicted octanol–water partition coefficient (Wildman–Crippen LogP) is 1.93. The van der Waals surface area contributed by atoms with Crippen LogP contribution in [0, 0.1) is 26.1 Å². The zero-order valence-corrected chi connectivity index (χ0v) is 8.26. The number of hydrogen-bond donors (Lipinski definition) is 0. The van der Waals surface area contributed by atoms with E-state index in [9.17, 15) is 33.4 Å². The van der Waals surface area contributed by atoms with E-state index < -0.39 is 34.0 Å². The molecule has 94 valence electrons. The molecule has 0 bridgehead atoms. The molecule has 9 heteroatoms. The van der Waals surface area contributed by atoms with Crippen LogP contribution in [0.4, 0.5) is 13.2 Å². The molecule has 0 unspecified atom stereocenters. The van der Waals surface area contributed by atoms with Crippen molar-refractivity contribution in [2.45, 2.75) is 18.3 Å². The Hall–Kier alpha value is -1.93. The third-order valence-electron chi connectivity index (χ3n) is 2.23. The molecule has 0 saturated carbocycles. The minimum Gasteiger partial charge on any atom is -0.258 e. The highest BCUT2D eigenvalue weighted by Crippen LogP contribution is 2.30.